The van der Waals surface area contributed by atoms with E-state index in [-0.39, 0.29) is 37.1 Å². The number of aliphatic hydroxyl groups is 1. The number of hydrogen-bond acceptors (Lipinski definition) is 9. The van der Waals surface area contributed by atoms with Crippen LogP contribution < -0.4 is 14.8 Å². The molecule has 3 fully saturated rings. The monoisotopic (exact) mass is 509 g/mol. The third-order valence-electron chi connectivity index (χ3n) is 7.62. The summed E-state index contributed by atoms with van der Waals surface area (Å²) in [5.74, 6) is 0.384. The summed E-state index contributed by atoms with van der Waals surface area (Å²) in [4.78, 5) is 26.9. The zero-order valence-electron chi connectivity index (χ0n) is 20.4. The van der Waals surface area contributed by atoms with Gasteiger partial charge in [-0.1, -0.05) is 0 Å². The fraction of sp³-hybridized carbons (Fsp3) is 0.462. The highest BCUT2D eigenvalue weighted by Gasteiger charge is 2.47. The molecule has 0 radical (unpaired) electrons. The Bertz CT molecular complexity index is 1330. The van der Waals surface area contributed by atoms with Crippen LogP contribution in [-0.4, -0.2) is 69.1 Å². The number of hydrogen-bond donors (Lipinski definition) is 2. The highest BCUT2D eigenvalue weighted by Crippen LogP contribution is 2.42. The van der Waals surface area contributed by atoms with Crippen LogP contribution in [0.2, 0.25) is 0 Å². The van der Waals surface area contributed by atoms with E-state index in [1.165, 1.54) is 7.11 Å². The Kier molecular flexibility index (Phi) is 6.13. The Morgan fingerprint density at radius 2 is 2.11 bits per heavy atom. The molecule has 1 amide bonds. The average Bonchev–Trinajstić information content (AvgIpc) is 2.93. The quantitative estimate of drug-likeness (QED) is 0.463. The molecule has 6 heterocycles. The number of methoxy groups -OCH3 is 1. The molecule has 37 heavy (non-hydrogen) atoms. The van der Waals surface area contributed by atoms with E-state index >= 15 is 4.39 Å². The van der Waals surface area contributed by atoms with Crippen molar-refractivity contribution in [3.05, 3.63) is 47.5 Å². The van der Waals surface area contributed by atoms with Crippen molar-refractivity contribution in [3.63, 3.8) is 0 Å². The Hall–Kier alpha value is -3.41. The van der Waals surface area contributed by atoms with Gasteiger partial charge in [0, 0.05) is 30.1 Å². The largest absolute Gasteiger partial charge is 0.481 e. The lowest BCUT2D eigenvalue weighted by Gasteiger charge is -2.53. The second-order valence-corrected chi connectivity index (χ2v) is 9.84. The van der Waals surface area contributed by atoms with Crippen LogP contribution in [0.3, 0.4) is 0 Å². The van der Waals surface area contributed by atoms with Crippen molar-refractivity contribution >= 4 is 22.8 Å². The number of aromatic nitrogens is 3. The van der Waals surface area contributed by atoms with Crippen molar-refractivity contribution in [2.75, 3.05) is 25.6 Å². The smallest absolute Gasteiger partial charge is 0.263 e. The minimum atomic E-state index is -1.06. The highest BCUT2D eigenvalue weighted by atomic mass is 19.1. The molecular weight excluding hydrogens is 481 g/mol. The van der Waals surface area contributed by atoms with Gasteiger partial charge in [-0.25, -0.2) is 14.4 Å². The lowest BCUT2D eigenvalue weighted by atomic mass is 9.76. The second kappa shape index (κ2) is 9.47. The van der Waals surface area contributed by atoms with Gasteiger partial charge in [-0.3, -0.25) is 14.7 Å². The number of pyridine rings is 3. The first kappa shape index (κ1) is 24.0. The summed E-state index contributed by atoms with van der Waals surface area (Å²) < 4.78 is 31.8. The molecule has 4 aliphatic rings. The maximum absolute atomic E-state index is 15.1. The van der Waals surface area contributed by atoms with Gasteiger partial charge in [0.2, 0.25) is 5.88 Å². The van der Waals surface area contributed by atoms with Crippen LogP contribution in [0.5, 0.6) is 11.6 Å². The molecule has 0 aromatic carbocycles. The first-order valence-electron chi connectivity index (χ1n) is 12.4. The van der Waals surface area contributed by atoms with E-state index in [0.29, 0.717) is 40.8 Å². The first-order chi connectivity index (χ1) is 17.9. The summed E-state index contributed by atoms with van der Waals surface area (Å²) in [5, 5.41) is 14.4. The van der Waals surface area contributed by atoms with Gasteiger partial charge in [0.25, 0.3) is 5.91 Å². The Morgan fingerprint density at radius 1 is 1.27 bits per heavy atom. The molecule has 10 nitrogen and oxygen atoms in total. The van der Waals surface area contributed by atoms with E-state index in [1.54, 1.807) is 18.2 Å². The molecule has 0 spiro atoms. The predicted molar refractivity (Wildman–Crippen MR) is 131 cm³/mol. The van der Waals surface area contributed by atoms with Crippen LogP contribution in [0.25, 0.3) is 11.0 Å². The molecule has 1 aliphatic carbocycles. The predicted octanol–water partition coefficient (Wildman–Crippen LogP) is 2.58. The van der Waals surface area contributed by atoms with E-state index in [4.69, 9.17) is 14.2 Å². The summed E-state index contributed by atoms with van der Waals surface area (Å²) in [6.45, 7) is 0.704. The van der Waals surface area contributed by atoms with E-state index in [1.807, 2.05) is 11.0 Å². The van der Waals surface area contributed by atoms with Crippen LogP contribution in [0, 0.1) is 5.82 Å². The maximum Gasteiger partial charge on any atom is 0.263 e. The summed E-state index contributed by atoms with van der Waals surface area (Å²) in [5.41, 5.74) is 1.36. The van der Waals surface area contributed by atoms with Crippen molar-refractivity contribution in [2.24, 2.45) is 0 Å². The number of rotatable bonds is 7. The fourth-order valence-corrected chi connectivity index (χ4v) is 5.62. The van der Waals surface area contributed by atoms with Gasteiger partial charge < -0.3 is 24.6 Å². The van der Waals surface area contributed by atoms with Gasteiger partial charge in [-0.15, -0.1) is 0 Å². The fourth-order valence-electron chi connectivity index (χ4n) is 5.62. The second-order valence-electron chi connectivity index (χ2n) is 9.84. The summed E-state index contributed by atoms with van der Waals surface area (Å²) in [6.07, 6.45) is 3.83. The van der Waals surface area contributed by atoms with Crippen LogP contribution in [-0.2, 0) is 22.5 Å². The molecule has 1 unspecified atom stereocenters. The number of nitrogens with zero attached hydrogens (tertiary/aromatic N) is 4. The minimum absolute atomic E-state index is 0.0129. The molecule has 7 rings (SSSR count). The van der Waals surface area contributed by atoms with Gasteiger partial charge >= 0.3 is 0 Å². The van der Waals surface area contributed by atoms with Gasteiger partial charge in [0.05, 0.1) is 42.7 Å². The lowest BCUT2D eigenvalue weighted by molar-refractivity contribution is -0.179. The van der Waals surface area contributed by atoms with Crippen LogP contribution in [0.4, 0.5) is 10.2 Å². The van der Waals surface area contributed by atoms with Crippen LogP contribution in [0.1, 0.15) is 36.9 Å². The Morgan fingerprint density at radius 3 is 2.86 bits per heavy atom. The number of carbonyl (C=O) groups is 1. The molecule has 3 aromatic rings. The maximum atomic E-state index is 15.1. The number of fused-ring (bicyclic) bond motifs is 5. The topological polar surface area (TPSA) is 119 Å². The molecule has 3 aromatic heterocycles. The summed E-state index contributed by atoms with van der Waals surface area (Å²) >= 11 is 0. The summed E-state index contributed by atoms with van der Waals surface area (Å²) in [6, 6.07) is 6.97. The molecule has 2 saturated heterocycles. The molecule has 3 aliphatic heterocycles. The van der Waals surface area contributed by atoms with Gasteiger partial charge in [0.1, 0.15) is 12.0 Å². The summed E-state index contributed by atoms with van der Waals surface area (Å²) in [7, 11) is 1.49. The average molecular weight is 510 g/mol. The molecule has 194 valence electrons. The van der Waals surface area contributed by atoms with Crippen molar-refractivity contribution < 1.29 is 28.5 Å². The number of aliphatic hydroxyl groups excluding tert-OH is 1. The van der Waals surface area contributed by atoms with E-state index in [2.05, 4.69) is 20.3 Å². The number of amides is 1. The van der Waals surface area contributed by atoms with Gasteiger partial charge in [0.15, 0.2) is 18.2 Å². The number of carbonyl (C=O) groups excluding carboxylic acids is 1. The number of halogens is 1. The standard InChI is InChI=1S/C26H28FN5O5/c1-35-22-5-3-19-24(31-22)17(18(27)11-28-19)10-23(34)32(26-8-6-16(7-9-26)37-14-26)12-15-2-4-20-25(29-15)30-21(33)13-36-20/h2-5,11,16,23,34H,6-10,12-14H2,1H3,(H,29,30,33). The number of anilines is 1. The van der Waals surface area contributed by atoms with Crippen molar-refractivity contribution in [1.82, 2.24) is 19.9 Å². The van der Waals surface area contributed by atoms with Gasteiger partial charge in [-0.2, -0.15) is 0 Å². The normalized spacial score (nSPS) is 23.5. The van der Waals surface area contributed by atoms with Crippen LogP contribution >= 0.6 is 0 Å². The van der Waals surface area contributed by atoms with E-state index in [9.17, 15) is 9.90 Å². The SMILES string of the molecule is COc1ccc2ncc(F)c(CC(O)N(Cc3ccc4c(n3)NC(=O)CO4)C34CCC(CC3)OC4)c2n1. The van der Waals surface area contributed by atoms with Gasteiger partial charge in [-0.05, 0) is 43.9 Å². The zero-order chi connectivity index (χ0) is 25.6. The molecular formula is C26H28FN5O5. The highest BCUT2D eigenvalue weighted by molar-refractivity contribution is 5.94. The van der Waals surface area contributed by atoms with E-state index in [0.717, 1.165) is 31.9 Å². The first-order valence-corrected chi connectivity index (χ1v) is 12.4. The van der Waals surface area contributed by atoms with Crippen molar-refractivity contribution in [2.45, 2.75) is 56.5 Å². The molecule has 2 bridgehead atoms. The molecule has 1 saturated carbocycles. The zero-order valence-corrected chi connectivity index (χ0v) is 20.4. The third kappa shape index (κ3) is 4.47. The third-order valence-corrected chi connectivity index (χ3v) is 7.62. The lowest BCUT2D eigenvalue weighted by Crippen LogP contribution is -2.62. The molecule has 1 atom stereocenters. The number of nitrogens with one attached hydrogen (secondary N) is 1. The van der Waals surface area contributed by atoms with Crippen LogP contribution in [0.15, 0.2) is 30.5 Å². The Labute approximate surface area is 212 Å². The van der Waals surface area contributed by atoms with Crippen molar-refractivity contribution in [1.29, 1.82) is 0 Å². The number of ether oxygens (including phenoxy) is 3. The molecule has 11 heteroatoms. The Balaban J connectivity index is 1.35. The minimum Gasteiger partial charge on any atom is -0.481 e. The van der Waals surface area contributed by atoms with E-state index < -0.39 is 17.6 Å². The molecule has 2 N–H and O–H groups in total. The van der Waals surface area contributed by atoms with Crippen molar-refractivity contribution in [3.8, 4) is 11.6 Å².